The third-order valence-corrected chi connectivity index (χ3v) is 5.68. The number of ether oxygens (including phenoxy) is 1. The van der Waals surface area contributed by atoms with Crippen molar-refractivity contribution in [3.63, 3.8) is 0 Å². The molecule has 0 spiro atoms. The van der Waals surface area contributed by atoms with Gasteiger partial charge in [0.1, 0.15) is 22.9 Å². The van der Waals surface area contributed by atoms with Gasteiger partial charge in [-0.05, 0) is 76.5 Å². The number of guanidine groups is 1. The summed E-state index contributed by atoms with van der Waals surface area (Å²) in [5, 5.41) is 17.6. The molecule has 1 aromatic carbocycles. The third-order valence-electron chi connectivity index (χ3n) is 5.68. The zero-order valence-corrected chi connectivity index (χ0v) is 21.9. The summed E-state index contributed by atoms with van der Waals surface area (Å²) in [6.45, 7) is 9.44. The van der Waals surface area contributed by atoms with Crippen LogP contribution in [0.1, 0.15) is 49.8 Å². The van der Waals surface area contributed by atoms with Crippen LogP contribution in [0.25, 0.3) is 0 Å². The quantitative estimate of drug-likeness (QED) is 0.248. The largest absolute Gasteiger partial charge is 0.497 e. The molecule has 8 heteroatoms. The summed E-state index contributed by atoms with van der Waals surface area (Å²) < 4.78 is 11.0. The van der Waals surface area contributed by atoms with E-state index in [1.807, 2.05) is 32.0 Å². The van der Waals surface area contributed by atoms with Gasteiger partial charge >= 0.3 is 0 Å². The normalized spacial score (nSPS) is 17.3. The number of aryl methyl sites for hydroxylation is 1. The van der Waals surface area contributed by atoms with E-state index in [-0.39, 0.29) is 36.6 Å². The van der Waals surface area contributed by atoms with Crippen molar-refractivity contribution in [2.24, 2.45) is 4.99 Å². The van der Waals surface area contributed by atoms with E-state index in [4.69, 9.17) is 9.15 Å². The maximum atomic E-state index is 10.8. The molecular weight excluding hydrogens is 519 g/mol. The molecule has 2 heterocycles. The predicted octanol–water partition coefficient (Wildman–Crippen LogP) is 3.81. The van der Waals surface area contributed by atoms with Gasteiger partial charge in [0.15, 0.2) is 5.96 Å². The molecule has 3 rings (SSSR count). The zero-order valence-electron chi connectivity index (χ0n) is 19.6. The van der Waals surface area contributed by atoms with E-state index in [0.717, 1.165) is 31.1 Å². The average Bonchev–Trinajstić information content (AvgIpc) is 3.45. The minimum atomic E-state index is -1.17. The summed E-state index contributed by atoms with van der Waals surface area (Å²) in [6, 6.07) is 12.2. The number of benzene rings is 1. The average molecular weight is 556 g/mol. The van der Waals surface area contributed by atoms with E-state index in [0.29, 0.717) is 18.3 Å². The molecule has 2 atom stereocenters. The Bertz CT molecular complexity index is 862. The van der Waals surface area contributed by atoms with Gasteiger partial charge in [0.2, 0.25) is 0 Å². The molecule has 32 heavy (non-hydrogen) atoms. The Morgan fingerprint density at radius 3 is 2.62 bits per heavy atom. The summed E-state index contributed by atoms with van der Waals surface area (Å²) in [5.41, 5.74) is 0.0558. The number of furan rings is 1. The first-order chi connectivity index (χ1) is 14.9. The molecular formula is C24H37IN4O3. The van der Waals surface area contributed by atoms with Gasteiger partial charge in [-0.25, -0.2) is 4.99 Å². The molecule has 1 aliphatic heterocycles. The molecule has 0 amide bonds. The van der Waals surface area contributed by atoms with E-state index in [1.165, 1.54) is 18.4 Å². The van der Waals surface area contributed by atoms with Gasteiger partial charge in [-0.1, -0.05) is 12.1 Å². The molecule has 7 nitrogen and oxygen atoms in total. The summed E-state index contributed by atoms with van der Waals surface area (Å²) in [5.74, 6) is 2.84. The fourth-order valence-electron chi connectivity index (χ4n) is 3.93. The van der Waals surface area contributed by atoms with E-state index in [2.05, 4.69) is 32.7 Å². The van der Waals surface area contributed by atoms with Gasteiger partial charge in [-0.3, -0.25) is 4.90 Å². The van der Waals surface area contributed by atoms with Crippen molar-refractivity contribution in [1.29, 1.82) is 0 Å². The molecule has 1 saturated heterocycles. The lowest BCUT2D eigenvalue weighted by Crippen LogP contribution is -2.43. The van der Waals surface area contributed by atoms with Crippen LogP contribution in [0.15, 0.2) is 45.8 Å². The summed E-state index contributed by atoms with van der Waals surface area (Å²) in [7, 11) is 1.70. The number of rotatable bonds is 9. The van der Waals surface area contributed by atoms with Crippen LogP contribution in [0.3, 0.4) is 0 Å². The highest BCUT2D eigenvalue weighted by Crippen LogP contribution is 2.27. The molecule has 2 aromatic rings. The molecule has 0 radical (unpaired) electrons. The van der Waals surface area contributed by atoms with Gasteiger partial charge in [0.25, 0.3) is 0 Å². The van der Waals surface area contributed by atoms with Crippen LogP contribution < -0.4 is 15.4 Å². The van der Waals surface area contributed by atoms with Gasteiger partial charge < -0.3 is 24.9 Å². The van der Waals surface area contributed by atoms with Crippen molar-refractivity contribution in [3.05, 3.63) is 53.5 Å². The third kappa shape index (κ3) is 7.11. The Balaban J connectivity index is 0.00000363. The van der Waals surface area contributed by atoms with E-state index >= 15 is 0 Å². The predicted molar refractivity (Wildman–Crippen MR) is 139 cm³/mol. The SMILES string of the molecule is CCNC(=NCC(C)(O)c1ccc(C)o1)NCC(c1cccc(OC)c1)N1CCCC1.I. The van der Waals surface area contributed by atoms with Crippen molar-refractivity contribution >= 4 is 29.9 Å². The molecule has 1 aromatic heterocycles. The summed E-state index contributed by atoms with van der Waals surface area (Å²) in [4.78, 5) is 7.15. The Morgan fingerprint density at radius 1 is 1.25 bits per heavy atom. The Kier molecular flexibility index (Phi) is 10.3. The van der Waals surface area contributed by atoms with Gasteiger partial charge in [-0.15, -0.1) is 24.0 Å². The van der Waals surface area contributed by atoms with Crippen molar-refractivity contribution in [2.45, 2.75) is 45.3 Å². The van der Waals surface area contributed by atoms with Gasteiger partial charge in [0, 0.05) is 13.1 Å². The van der Waals surface area contributed by atoms with Crippen molar-refractivity contribution in [1.82, 2.24) is 15.5 Å². The minimum absolute atomic E-state index is 0. The smallest absolute Gasteiger partial charge is 0.191 e. The number of likely N-dealkylation sites (tertiary alicyclic amines) is 1. The second-order valence-corrected chi connectivity index (χ2v) is 8.30. The topological polar surface area (TPSA) is 82.3 Å². The fourth-order valence-corrected chi connectivity index (χ4v) is 3.93. The van der Waals surface area contributed by atoms with Crippen molar-refractivity contribution < 1.29 is 14.3 Å². The highest BCUT2D eigenvalue weighted by Gasteiger charge is 2.27. The maximum Gasteiger partial charge on any atom is 0.191 e. The molecule has 1 fully saturated rings. The van der Waals surface area contributed by atoms with Crippen molar-refractivity contribution in [2.75, 3.05) is 39.8 Å². The molecule has 0 saturated carbocycles. The molecule has 178 valence electrons. The monoisotopic (exact) mass is 556 g/mol. The second-order valence-electron chi connectivity index (χ2n) is 8.30. The Hall–Kier alpha value is -1.78. The number of nitrogens with zero attached hydrogens (tertiary/aromatic N) is 2. The number of aliphatic imine (C=N–C) groups is 1. The van der Waals surface area contributed by atoms with Crippen LogP contribution in [-0.2, 0) is 5.60 Å². The standard InChI is InChI=1S/C24H36N4O3.HI/c1-5-25-23(27-17-24(3,29)22-12-11-18(2)31-22)26-16-21(28-13-6-7-14-28)19-9-8-10-20(15-19)30-4;/h8-12,15,21,29H,5-7,13-14,16-17H2,1-4H3,(H2,25,26,27);1H. The molecule has 3 N–H and O–H groups in total. The minimum Gasteiger partial charge on any atom is -0.497 e. The lowest BCUT2D eigenvalue weighted by Gasteiger charge is -2.29. The van der Waals surface area contributed by atoms with E-state index < -0.39 is 5.60 Å². The first-order valence-corrected chi connectivity index (χ1v) is 11.1. The van der Waals surface area contributed by atoms with Crippen LogP contribution >= 0.6 is 24.0 Å². The fraction of sp³-hybridized carbons (Fsp3) is 0.542. The summed E-state index contributed by atoms with van der Waals surface area (Å²) >= 11 is 0. The Morgan fingerprint density at radius 2 is 2.00 bits per heavy atom. The number of halogens is 1. The first kappa shape index (κ1) is 26.5. The van der Waals surface area contributed by atoms with E-state index in [1.54, 1.807) is 20.1 Å². The molecule has 1 aliphatic rings. The number of aliphatic hydroxyl groups is 1. The van der Waals surface area contributed by atoms with Crippen LogP contribution in [0, 0.1) is 6.92 Å². The first-order valence-electron chi connectivity index (χ1n) is 11.1. The lowest BCUT2D eigenvalue weighted by molar-refractivity contribution is 0.0428. The molecule has 2 unspecified atom stereocenters. The molecule has 0 bridgehead atoms. The lowest BCUT2D eigenvalue weighted by atomic mass is 10.0. The van der Waals surface area contributed by atoms with Crippen LogP contribution in [0.5, 0.6) is 5.75 Å². The van der Waals surface area contributed by atoms with Crippen LogP contribution in [0.2, 0.25) is 0 Å². The van der Waals surface area contributed by atoms with Gasteiger partial charge in [-0.2, -0.15) is 0 Å². The van der Waals surface area contributed by atoms with Crippen LogP contribution in [-0.4, -0.2) is 55.8 Å². The molecule has 0 aliphatic carbocycles. The number of hydrogen-bond donors (Lipinski definition) is 3. The maximum absolute atomic E-state index is 10.8. The number of methoxy groups -OCH3 is 1. The van der Waals surface area contributed by atoms with E-state index in [9.17, 15) is 5.11 Å². The highest BCUT2D eigenvalue weighted by molar-refractivity contribution is 14.0. The summed E-state index contributed by atoms with van der Waals surface area (Å²) in [6.07, 6.45) is 2.44. The van der Waals surface area contributed by atoms with Crippen LogP contribution in [0.4, 0.5) is 0 Å². The highest BCUT2D eigenvalue weighted by atomic mass is 127. The number of nitrogens with one attached hydrogen (secondary N) is 2. The Labute approximate surface area is 208 Å². The van der Waals surface area contributed by atoms with Crippen molar-refractivity contribution in [3.8, 4) is 5.75 Å². The second kappa shape index (κ2) is 12.5. The van der Waals surface area contributed by atoms with Gasteiger partial charge in [0.05, 0.1) is 19.7 Å². The number of hydrogen-bond acceptors (Lipinski definition) is 5. The zero-order chi connectivity index (χ0) is 22.3.